The number of aliphatic hydroxyl groups excluding tert-OH is 2. The van der Waals surface area contributed by atoms with Crippen LogP contribution in [0.3, 0.4) is 0 Å². The lowest BCUT2D eigenvalue weighted by Crippen LogP contribution is -2.39. The molecule has 3 nitrogen and oxygen atoms in total. The van der Waals surface area contributed by atoms with Crippen LogP contribution in [0.1, 0.15) is 13.8 Å². The molecule has 0 bridgehead atoms. The molecule has 0 unspecified atom stereocenters. The van der Waals surface area contributed by atoms with Gasteiger partial charge < -0.3 is 10.2 Å². The highest BCUT2D eigenvalue weighted by Crippen LogP contribution is 2.00. The smallest absolute Gasteiger partial charge is 0.0609 e. The maximum Gasteiger partial charge on any atom is 0.0609 e. The van der Waals surface area contributed by atoms with Crippen molar-refractivity contribution in [1.82, 2.24) is 4.90 Å². The van der Waals surface area contributed by atoms with E-state index in [4.69, 9.17) is 10.2 Å². The molecule has 2 N–H and O–H groups in total. The van der Waals surface area contributed by atoms with Crippen molar-refractivity contribution in [1.29, 1.82) is 0 Å². The van der Waals surface area contributed by atoms with Crippen LogP contribution in [0.15, 0.2) is 0 Å². The molecule has 0 heterocycles. The molecule has 0 rings (SSSR count). The first-order valence-corrected chi connectivity index (χ1v) is 4.03. The number of hydrogen-bond donors (Lipinski definition) is 2. The molecule has 0 aromatic rings. The zero-order chi connectivity index (χ0) is 8.85. The van der Waals surface area contributed by atoms with Crippen molar-refractivity contribution in [2.24, 2.45) is 5.92 Å². The van der Waals surface area contributed by atoms with E-state index in [-0.39, 0.29) is 19.3 Å². The lowest BCUT2D eigenvalue weighted by molar-refractivity contribution is 0.0846. The summed E-state index contributed by atoms with van der Waals surface area (Å²) in [5.41, 5.74) is 0. The third-order valence-corrected chi connectivity index (χ3v) is 1.70. The van der Waals surface area contributed by atoms with Crippen molar-refractivity contribution in [2.75, 3.05) is 26.8 Å². The summed E-state index contributed by atoms with van der Waals surface area (Å²) in [4.78, 5) is 1.98. The normalized spacial score (nSPS) is 12.0. The minimum atomic E-state index is -0.0996. The SMILES string of the molecule is CC(C)CN(C)C(CO)CO. The lowest BCUT2D eigenvalue weighted by atomic mass is 10.2. The van der Waals surface area contributed by atoms with Crippen molar-refractivity contribution in [3.05, 3.63) is 0 Å². The molecule has 0 aromatic carbocycles. The van der Waals surface area contributed by atoms with Gasteiger partial charge in [0, 0.05) is 6.54 Å². The molecule has 0 aromatic heterocycles. The van der Waals surface area contributed by atoms with Gasteiger partial charge in [-0.3, -0.25) is 4.90 Å². The van der Waals surface area contributed by atoms with Crippen LogP contribution in [0, 0.1) is 5.92 Å². The molecule has 0 aliphatic heterocycles. The molecule has 3 heteroatoms. The molecule has 11 heavy (non-hydrogen) atoms. The topological polar surface area (TPSA) is 43.7 Å². The second kappa shape index (κ2) is 5.52. The van der Waals surface area contributed by atoms with E-state index in [1.165, 1.54) is 0 Å². The zero-order valence-electron chi connectivity index (χ0n) is 7.62. The van der Waals surface area contributed by atoms with Crippen LogP contribution in [0.5, 0.6) is 0 Å². The first-order chi connectivity index (χ1) is 5.11. The Kier molecular flexibility index (Phi) is 5.46. The first-order valence-electron chi connectivity index (χ1n) is 4.03. The molecule has 0 atom stereocenters. The highest BCUT2D eigenvalue weighted by atomic mass is 16.3. The molecule has 0 fully saturated rings. The molecule has 0 amide bonds. The van der Waals surface area contributed by atoms with Crippen LogP contribution in [-0.2, 0) is 0 Å². The van der Waals surface area contributed by atoms with E-state index in [1.54, 1.807) is 0 Å². The fourth-order valence-electron chi connectivity index (χ4n) is 1.06. The van der Waals surface area contributed by atoms with Crippen LogP contribution >= 0.6 is 0 Å². The third kappa shape index (κ3) is 4.35. The molecule has 0 saturated carbocycles. The largest absolute Gasteiger partial charge is 0.395 e. The predicted molar refractivity (Wildman–Crippen MR) is 45.4 cm³/mol. The van der Waals surface area contributed by atoms with Gasteiger partial charge in [0.2, 0.25) is 0 Å². The van der Waals surface area contributed by atoms with E-state index in [2.05, 4.69) is 13.8 Å². The fourth-order valence-corrected chi connectivity index (χ4v) is 1.06. The van der Waals surface area contributed by atoms with Crippen LogP contribution in [0.4, 0.5) is 0 Å². The number of rotatable bonds is 5. The number of nitrogens with zero attached hydrogens (tertiary/aromatic N) is 1. The maximum atomic E-state index is 8.81. The van der Waals surface area contributed by atoms with Gasteiger partial charge in [-0.2, -0.15) is 0 Å². The van der Waals surface area contributed by atoms with Crippen molar-refractivity contribution in [2.45, 2.75) is 19.9 Å². The van der Waals surface area contributed by atoms with Gasteiger partial charge >= 0.3 is 0 Å². The summed E-state index contributed by atoms with van der Waals surface area (Å²) in [6, 6.07) is -0.0996. The quantitative estimate of drug-likeness (QED) is 0.593. The number of hydrogen-bond acceptors (Lipinski definition) is 3. The van der Waals surface area contributed by atoms with E-state index >= 15 is 0 Å². The molecule has 0 aliphatic carbocycles. The minimum absolute atomic E-state index is 0.0275. The fraction of sp³-hybridized carbons (Fsp3) is 1.00. The molecular weight excluding hydrogens is 142 g/mol. The Bertz CT molecular complexity index is 92.1. The van der Waals surface area contributed by atoms with Crippen molar-refractivity contribution < 1.29 is 10.2 Å². The minimum Gasteiger partial charge on any atom is -0.395 e. The Morgan fingerprint density at radius 2 is 1.64 bits per heavy atom. The first kappa shape index (κ1) is 10.9. The zero-order valence-corrected chi connectivity index (χ0v) is 7.62. The average molecular weight is 161 g/mol. The number of aliphatic hydroxyl groups is 2. The van der Waals surface area contributed by atoms with E-state index in [1.807, 2.05) is 11.9 Å². The summed E-state index contributed by atoms with van der Waals surface area (Å²) in [5.74, 6) is 0.570. The van der Waals surface area contributed by atoms with Gasteiger partial charge in [-0.05, 0) is 13.0 Å². The third-order valence-electron chi connectivity index (χ3n) is 1.70. The van der Waals surface area contributed by atoms with E-state index in [0.29, 0.717) is 5.92 Å². The second-order valence-electron chi connectivity index (χ2n) is 3.35. The summed E-state index contributed by atoms with van der Waals surface area (Å²) in [6.45, 7) is 5.19. The predicted octanol–water partition coefficient (Wildman–Crippen LogP) is -0.0726. The Morgan fingerprint density at radius 3 is 1.91 bits per heavy atom. The van der Waals surface area contributed by atoms with Gasteiger partial charge in [0.25, 0.3) is 0 Å². The Hall–Kier alpha value is -0.120. The Balaban J connectivity index is 3.68. The summed E-state index contributed by atoms with van der Waals surface area (Å²) < 4.78 is 0. The van der Waals surface area contributed by atoms with Crippen molar-refractivity contribution in [3.8, 4) is 0 Å². The van der Waals surface area contributed by atoms with Gasteiger partial charge in [0.15, 0.2) is 0 Å². The van der Waals surface area contributed by atoms with Crippen molar-refractivity contribution >= 4 is 0 Å². The number of likely N-dealkylation sites (N-methyl/N-ethyl adjacent to an activating group) is 1. The van der Waals surface area contributed by atoms with Gasteiger partial charge in [0.1, 0.15) is 0 Å². The van der Waals surface area contributed by atoms with Gasteiger partial charge in [0.05, 0.1) is 19.3 Å². The van der Waals surface area contributed by atoms with Crippen molar-refractivity contribution in [3.63, 3.8) is 0 Å². The Labute approximate surface area is 68.6 Å². The van der Waals surface area contributed by atoms with Gasteiger partial charge in [-0.1, -0.05) is 13.8 Å². The molecule has 0 radical (unpaired) electrons. The van der Waals surface area contributed by atoms with E-state index < -0.39 is 0 Å². The second-order valence-corrected chi connectivity index (χ2v) is 3.35. The monoisotopic (exact) mass is 161 g/mol. The van der Waals surface area contributed by atoms with Gasteiger partial charge in [-0.25, -0.2) is 0 Å². The van der Waals surface area contributed by atoms with Crippen LogP contribution in [-0.4, -0.2) is 48.0 Å². The average Bonchev–Trinajstić information content (AvgIpc) is 1.88. The molecule has 68 valence electrons. The molecule has 0 spiro atoms. The molecule has 0 aliphatic rings. The summed E-state index contributed by atoms with van der Waals surface area (Å²) >= 11 is 0. The van der Waals surface area contributed by atoms with E-state index in [0.717, 1.165) is 6.54 Å². The maximum absolute atomic E-state index is 8.81. The molecular formula is C8H19NO2. The highest BCUT2D eigenvalue weighted by molar-refractivity contribution is 4.66. The summed E-state index contributed by atoms with van der Waals surface area (Å²) in [7, 11) is 1.91. The van der Waals surface area contributed by atoms with Crippen LogP contribution in [0.2, 0.25) is 0 Å². The standard InChI is InChI=1S/C8H19NO2/c1-7(2)4-9(3)8(5-10)6-11/h7-8,10-11H,4-6H2,1-3H3. The van der Waals surface area contributed by atoms with Crippen LogP contribution < -0.4 is 0 Å². The Morgan fingerprint density at radius 1 is 1.18 bits per heavy atom. The van der Waals surface area contributed by atoms with Gasteiger partial charge in [-0.15, -0.1) is 0 Å². The van der Waals surface area contributed by atoms with E-state index in [9.17, 15) is 0 Å². The summed E-state index contributed by atoms with van der Waals surface area (Å²) in [5, 5.41) is 17.6. The lowest BCUT2D eigenvalue weighted by Gasteiger charge is -2.25. The highest BCUT2D eigenvalue weighted by Gasteiger charge is 2.12. The van der Waals surface area contributed by atoms with Crippen LogP contribution in [0.25, 0.3) is 0 Å². The summed E-state index contributed by atoms with van der Waals surface area (Å²) in [6.07, 6.45) is 0. The molecule has 0 saturated heterocycles.